The van der Waals surface area contributed by atoms with Crippen molar-refractivity contribution in [2.75, 3.05) is 4.90 Å². The SMILES string of the molecule is c1ccc2c(c1)N(c1ccc3c(c1)c1ccccc1n3-c1ccc3c(c1)c1ccccc1n3-c1ccc3oc4ccccc4c3c1)c1ccccc1C21C2CC3CC(C2)CC1C3. The number of nitrogens with zero attached hydrogens (tertiary/aromatic N) is 3. The molecule has 3 aromatic heterocycles. The second kappa shape index (κ2) is 12.1. The predicted octanol–water partition coefficient (Wildman–Crippen LogP) is 15.3. The molecule has 0 atom stereocenters. The molecule has 0 unspecified atom stereocenters. The monoisotopic (exact) mass is 797 g/mol. The van der Waals surface area contributed by atoms with Gasteiger partial charge in [-0.2, -0.15) is 0 Å². The molecule has 4 heterocycles. The van der Waals surface area contributed by atoms with Crippen LogP contribution >= 0.6 is 0 Å². The van der Waals surface area contributed by atoms with Crippen molar-refractivity contribution in [1.82, 2.24) is 9.13 Å². The Morgan fingerprint density at radius 3 is 1.45 bits per heavy atom. The molecule has 4 heteroatoms. The predicted molar refractivity (Wildman–Crippen MR) is 255 cm³/mol. The van der Waals surface area contributed by atoms with E-state index in [1.54, 1.807) is 11.1 Å². The molecule has 5 aliphatic rings. The number of hydrogen-bond acceptors (Lipinski definition) is 2. The van der Waals surface area contributed by atoms with Crippen molar-refractivity contribution in [1.29, 1.82) is 0 Å². The average molecular weight is 798 g/mol. The highest BCUT2D eigenvalue weighted by Crippen LogP contribution is 2.69. The standard InChI is InChI=1S/C58H43N3O/c1-6-16-50-43(12-1)46-33-40(61-54-18-8-4-14-48(54)58(49-15-5-9-19-55(49)61)37-28-35-27-36(30-37)31-38(58)29-35)22-25-52(46)59(50)39-21-24-53-45(32-39)42-11-2-7-17-51(42)60(53)41-23-26-57-47(34-41)44-13-3-10-20-56(44)62-57/h1-26,32-38H,27-31H2. The quantitative estimate of drug-likeness (QED) is 0.178. The maximum atomic E-state index is 6.23. The van der Waals surface area contributed by atoms with Crippen LogP contribution in [0.1, 0.15) is 43.2 Å². The molecule has 1 aliphatic heterocycles. The molecule has 4 nitrogen and oxygen atoms in total. The van der Waals surface area contributed by atoms with E-state index in [0.717, 1.165) is 57.0 Å². The third-order valence-corrected chi connectivity index (χ3v) is 16.1. The molecule has 4 aliphatic carbocycles. The van der Waals surface area contributed by atoms with Crippen LogP contribution in [0, 0.1) is 23.7 Å². The molecule has 8 aromatic carbocycles. The average Bonchev–Trinajstić information content (AvgIpc) is 3.97. The summed E-state index contributed by atoms with van der Waals surface area (Å²) in [7, 11) is 0. The van der Waals surface area contributed by atoms with Crippen molar-refractivity contribution in [2.24, 2.45) is 23.7 Å². The molecule has 4 bridgehead atoms. The van der Waals surface area contributed by atoms with E-state index >= 15 is 0 Å². The highest BCUT2D eigenvalue weighted by Gasteiger charge is 2.61. The summed E-state index contributed by atoms with van der Waals surface area (Å²) in [6.45, 7) is 0. The number of rotatable bonds is 3. The van der Waals surface area contributed by atoms with Gasteiger partial charge in [0.25, 0.3) is 0 Å². The minimum atomic E-state index is 0.0966. The molecule has 11 aromatic rings. The normalized spacial score (nSPS) is 21.0. The summed E-state index contributed by atoms with van der Waals surface area (Å²) in [5, 5.41) is 7.29. The van der Waals surface area contributed by atoms with Crippen LogP contribution in [0.2, 0.25) is 0 Å². The van der Waals surface area contributed by atoms with Crippen LogP contribution in [0.4, 0.5) is 17.1 Å². The van der Waals surface area contributed by atoms with Gasteiger partial charge in [0.15, 0.2) is 0 Å². The summed E-state index contributed by atoms with van der Waals surface area (Å²) in [6.07, 6.45) is 6.99. The minimum absolute atomic E-state index is 0.0966. The Balaban J connectivity index is 0.906. The van der Waals surface area contributed by atoms with Crippen LogP contribution < -0.4 is 4.90 Å². The van der Waals surface area contributed by atoms with Gasteiger partial charge in [-0.25, -0.2) is 0 Å². The van der Waals surface area contributed by atoms with Crippen molar-refractivity contribution < 1.29 is 4.42 Å². The van der Waals surface area contributed by atoms with Crippen LogP contribution in [0.5, 0.6) is 0 Å². The fraction of sp³-hybridized carbons (Fsp3) is 0.172. The Bertz CT molecular complexity index is 3610. The van der Waals surface area contributed by atoms with Crippen molar-refractivity contribution in [3.63, 3.8) is 0 Å². The van der Waals surface area contributed by atoms with Gasteiger partial charge in [-0.15, -0.1) is 0 Å². The van der Waals surface area contributed by atoms with Crippen LogP contribution in [0.3, 0.4) is 0 Å². The molecule has 296 valence electrons. The Morgan fingerprint density at radius 2 is 0.823 bits per heavy atom. The van der Waals surface area contributed by atoms with Gasteiger partial charge in [-0.1, -0.05) is 91.0 Å². The van der Waals surface area contributed by atoms with E-state index in [-0.39, 0.29) is 5.41 Å². The summed E-state index contributed by atoms with van der Waals surface area (Å²) in [6, 6.07) is 65.9. The molecule has 4 fully saturated rings. The van der Waals surface area contributed by atoms with Crippen molar-refractivity contribution in [3.8, 4) is 11.4 Å². The summed E-state index contributed by atoms with van der Waals surface area (Å²) in [5.74, 6) is 3.27. The van der Waals surface area contributed by atoms with E-state index < -0.39 is 0 Å². The van der Waals surface area contributed by atoms with E-state index in [1.165, 1.54) is 92.8 Å². The number of aromatic nitrogens is 2. The molecule has 0 radical (unpaired) electrons. The fourth-order valence-corrected chi connectivity index (χ4v) is 14.0. The van der Waals surface area contributed by atoms with E-state index in [4.69, 9.17) is 4.42 Å². The number of fused-ring (bicyclic) bond motifs is 11. The second-order valence-electron chi connectivity index (χ2n) is 18.9. The van der Waals surface area contributed by atoms with Crippen molar-refractivity contribution >= 4 is 82.6 Å². The molecular formula is C58H43N3O. The molecule has 0 amide bonds. The Kier molecular flexibility index (Phi) is 6.55. The van der Waals surface area contributed by atoms with Gasteiger partial charge in [0.05, 0.1) is 33.4 Å². The third kappa shape index (κ3) is 4.27. The maximum absolute atomic E-state index is 6.23. The van der Waals surface area contributed by atoms with Crippen LogP contribution in [0.25, 0.3) is 76.9 Å². The van der Waals surface area contributed by atoms with E-state index in [2.05, 4.69) is 184 Å². The number of furan rings is 1. The van der Waals surface area contributed by atoms with Gasteiger partial charge in [0.2, 0.25) is 0 Å². The van der Waals surface area contributed by atoms with Gasteiger partial charge in [0.1, 0.15) is 11.2 Å². The van der Waals surface area contributed by atoms with Crippen LogP contribution in [-0.2, 0) is 5.41 Å². The molecule has 1 spiro atoms. The highest BCUT2D eigenvalue weighted by atomic mass is 16.3. The van der Waals surface area contributed by atoms with Gasteiger partial charge >= 0.3 is 0 Å². The largest absolute Gasteiger partial charge is 0.456 e. The lowest BCUT2D eigenvalue weighted by molar-refractivity contribution is -0.0419. The lowest BCUT2D eigenvalue weighted by Crippen LogP contribution is -2.57. The second-order valence-corrected chi connectivity index (χ2v) is 18.9. The Labute approximate surface area is 359 Å². The number of hydrogen-bond donors (Lipinski definition) is 0. The molecule has 4 saturated carbocycles. The van der Waals surface area contributed by atoms with Gasteiger partial charge in [-0.05, 0) is 152 Å². The third-order valence-electron chi connectivity index (χ3n) is 16.1. The van der Waals surface area contributed by atoms with Crippen molar-refractivity contribution in [2.45, 2.75) is 37.5 Å². The first-order valence-electron chi connectivity index (χ1n) is 22.7. The molecular weight excluding hydrogens is 755 g/mol. The molecule has 0 N–H and O–H groups in total. The summed E-state index contributed by atoms with van der Waals surface area (Å²) in [4.78, 5) is 2.59. The Hall–Kier alpha value is -7.04. The molecule has 16 rings (SSSR count). The number of benzene rings is 8. The molecule has 0 saturated heterocycles. The van der Waals surface area contributed by atoms with Gasteiger partial charge in [0, 0.05) is 54.8 Å². The lowest BCUT2D eigenvalue weighted by atomic mass is 9.41. The summed E-state index contributed by atoms with van der Waals surface area (Å²) < 4.78 is 11.1. The van der Waals surface area contributed by atoms with Crippen LogP contribution in [0.15, 0.2) is 180 Å². The topological polar surface area (TPSA) is 26.2 Å². The lowest BCUT2D eigenvalue weighted by Gasteiger charge is -2.64. The fourth-order valence-electron chi connectivity index (χ4n) is 14.0. The first-order valence-corrected chi connectivity index (χ1v) is 22.7. The summed E-state index contributed by atoms with van der Waals surface area (Å²) >= 11 is 0. The smallest absolute Gasteiger partial charge is 0.135 e. The zero-order valence-electron chi connectivity index (χ0n) is 34.3. The van der Waals surface area contributed by atoms with Crippen molar-refractivity contribution in [3.05, 3.63) is 187 Å². The highest BCUT2D eigenvalue weighted by molar-refractivity contribution is 6.14. The first kappa shape index (κ1) is 33.7. The van der Waals surface area contributed by atoms with Gasteiger partial charge < -0.3 is 18.5 Å². The van der Waals surface area contributed by atoms with Crippen LogP contribution in [-0.4, -0.2) is 9.13 Å². The zero-order valence-corrected chi connectivity index (χ0v) is 34.3. The summed E-state index contributed by atoms with van der Waals surface area (Å²) in [5.41, 5.74) is 16.1. The molecule has 62 heavy (non-hydrogen) atoms. The minimum Gasteiger partial charge on any atom is -0.456 e. The Morgan fingerprint density at radius 1 is 0.371 bits per heavy atom. The number of para-hydroxylation sites is 5. The van der Waals surface area contributed by atoms with E-state index in [0.29, 0.717) is 0 Å². The zero-order chi connectivity index (χ0) is 40.3. The van der Waals surface area contributed by atoms with Gasteiger partial charge in [-0.3, -0.25) is 0 Å². The maximum Gasteiger partial charge on any atom is 0.135 e. The number of anilines is 3. The van der Waals surface area contributed by atoms with E-state index in [9.17, 15) is 0 Å². The first-order chi connectivity index (χ1) is 30.7. The van der Waals surface area contributed by atoms with E-state index in [1.807, 2.05) is 6.07 Å².